The van der Waals surface area contributed by atoms with Crippen LogP contribution >= 0.6 is 0 Å². The fourth-order valence-corrected chi connectivity index (χ4v) is 2.51. The molecule has 2 fully saturated rings. The van der Waals surface area contributed by atoms with Gasteiger partial charge in [-0.3, -0.25) is 4.79 Å². The topological polar surface area (TPSA) is 17.1 Å². The zero-order valence-corrected chi connectivity index (χ0v) is 7.07. The first kappa shape index (κ1) is 7.33. The van der Waals surface area contributed by atoms with Gasteiger partial charge in [0.2, 0.25) is 0 Å². The van der Waals surface area contributed by atoms with E-state index in [4.69, 9.17) is 0 Å². The van der Waals surface area contributed by atoms with Gasteiger partial charge >= 0.3 is 0 Å². The SMILES string of the molecule is O=C1CCC12CCCCCC2. The van der Waals surface area contributed by atoms with E-state index in [0.29, 0.717) is 5.78 Å². The first-order valence-corrected chi connectivity index (χ1v) is 4.87. The molecule has 0 aromatic carbocycles. The minimum Gasteiger partial charge on any atom is -0.299 e. The summed E-state index contributed by atoms with van der Waals surface area (Å²) >= 11 is 0. The van der Waals surface area contributed by atoms with Crippen LogP contribution in [0.3, 0.4) is 0 Å². The molecule has 0 N–H and O–H groups in total. The minimum atomic E-state index is 0.205. The highest BCUT2D eigenvalue weighted by Crippen LogP contribution is 2.47. The van der Waals surface area contributed by atoms with Crippen LogP contribution in [0.2, 0.25) is 0 Å². The fraction of sp³-hybridized carbons (Fsp3) is 0.900. The molecule has 2 saturated carbocycles. The molecule has 1 nitrogen and oxygen atoms in total. The highest BCUT2D eigenvalue weighted by molar-refractivity contribution is 5.90. The lowest BCUT2D eigenvalue weighted by molar-refractivity contribution is -0.139. The van der Waals surface area contributed by atoms with Gasteiger partial charge in [0.1, 0.15) is 5.78 Å². The molecule has 62 valence electrons. The molecule has 2 rings (SSSR count). The van der Waals surface area contributed by atoms with Crippen LogP contribution in [0.25, 0.3) is 0 Å². The Hall–Kier alpha value is -0.330. The molecule has 0 heterocycles. The van der Waals surface area contributed by atoms with Crippen molar-refractivity contribution < 1.29 is 4.79 Å². The molecule has 1 spiro atoms. The summed E-state index contributed by atoms with van der Waals surface area (Å²) in [7, 11) is 0. The third kappa shape index (κ3) is 1.11. The Morgan fingerprint density at radius 2 is 1.55 bits per heavy atom. The number of hydrogen-bond acceptors (Lipinski definition) is 1. The van der Waals surface area contributed by atoms with Gasteiger partial charge in [0.05, 0.1) is 0 Å². The van der Waals surface area contributed by atoms with E-state index in [0.717, 1.165) is 6.42 Å². The van der Waals surface area contributed by atoms with Gasteiger partial charge in [-0.25, -0.2) is 0 Å². The second-order valence-corrected chi connectivity index (χ2v) is 4.12. The molecule has 2 aliphatic carbocycles. The molecule has 0 aromatic heterocycles. The number of Topliss-reactive ketones (excluding diaryl/α,β-unsaturated/α-hetero) is 1. The third-order valence-corrected chi connectivity index (χ3v) is 3.48. The van der Waals surface area contributed by atoms with Crippen LogP contribution < -0.4 is 0 Å². The van der Waals surface area contributed by atoms with Crippen molar-refractivity contribution in [3.63, 3.8) is 0 Å². The Labute approximate surface area is 68.2 Å². The van der Waals surface area contributed by atoms with E-state index >= 15 is 0 Å². The Morgan fingerprint density at radius 3 is 1.91 bits per heavy atom. The van der Waals surface area contributed by atoms with E-state index < -0.39 is 0 Å². The van der Waals surface area contributed by atoms with Crippen molar-refractivity contribution in [2.24, 2.45) is 5.41 Å². The Morgan fingerprint density at radius 1 is 0.909 bits per heavy atom. The normalized spacial score (nSPS) is 29.6. The van der Waals surface area contributed by atoms with E-state index in [1.54, 1.807) is 0 Å². The molecule has 0 unspecified atom stereocenters. The maximum absolute atomic E-state index is 11.4. The van der Waals surface area contributed by atoms with Crippen LogP contribution in [0.15, 0.2) is 0 Å². The molecule has 1 heteroatoms. The van der Waals surface area contributed by atoms with Crippen molar-refractivity contribution in [3.05, 3.63) is 0 Å². The average molecular weight is 152 g/mol. The molecular weight excluding hydrogens is 136 g/mol. The minimum absolute atomic E-state index is 0.205. The second-order valence-electron chi connectivity index (χ2n) is 4.12. The summed E-state index contributed by atoms with van der Waals surface area (Å²) in [4.78, 5) is 11.4. The first-order chi connectivity index (χ1) is 5.33. The van der Waals surface area contributed by atoms with Crippen LogP contribution in [0.5, 0.6) is 0 Å². The van der Waals surface area contributed by atoms with Crippen molar-refractivity contribution in [2.75, 3.05) is 0 Å². The van der Waals surface area contributed by atoms with Crippen LogP contribution in [-0.4, -0.2) is 5.78 Å². The fourth-order valence-electron chi connectivity index (χ4n) is 2.51. The van der Waals surface area contributed by atoms with Crippen molar-refractivity contribution in [1.29, 1.82) is 0 Å². The van der Waals surface area contributed by atoms with Crippen LogP contribution in [0, 0.1) is 5.41 Å². The van der Waals surface area contributed by atoms with E-state index in [2.05, 4.69) is 0 Å². The molecule has 0 saturated heterocycles. The van der Waals surface area contributed by atoms with E-state index in [9.17, 15) is 4.79 Å². The van der Waals surface area contributed by atoms with Gasteiger partial charge in [0.15, 0.2) is 0 Å². The largest absolute Gasteiger partial charge is 0.299 e. The molecule has 0 bridgehead atoms. The molecule has 11 heavy (non-hydrogen) atoms. The highest BCUT2D eigenvalue weighted by Gasteiger charge is 2.44. The Balaban J connectivity index is 2.04. The predicted molar refractivity (Wildman–Crippen MR) is 44.4 cm³/mol. The molecule has 0 amide bonds. The van der Waals surface area contributed by atoms with Gasteiger partial charge in [-0.05, 0) is 19.3 Å². The van der Waals surface area contributed by atoms with Crippen molar-refractivity contribution in [3.8, 4) is 0 Å². The lowest BCUT2D eigenvalue weighted by Crippen LogP contribution is -2.40. The average Bonchev–Trinajstić information content (AvgIpc) is 2.28. The summed E-state index contributed by atoms with van der Waals surface area (Å²) in [6, 6.07) is 0. The van der Waals surface area contributed by atoms with Crippen LogP contribution in [0.1, 0.15) is 51.4 Å². The van der Waals surface area contributed by atoms with Gasteiger partial charge in [-0.15, -0.1) is 0 Å². The van der Waals surface area contributed by atoms with Crippen molar-refractivity contribution in [2.45, 2.75) is 51.4 Å². The number of carbonyl (C=O) groups excluding carboxylic acids is 1. The molecule has 2 aliphatic rings. The number of hydrogen-bond donors (Lipinski definition) is 0. The summed E-state index contributed by atoms with van der Waals surface area (Å²) in [5.41, 5.74) is 0.205. The maximum atomic E-state index is 11.4. The summed E-state index contributed by atoms with van der Waals surface area (Å²) in [6.45, 7) is 0. The number of ketones is 1. The van der Waals surface area contributed by atoms with E-state index in [1.165, 1.54) is 44.9 Å². The smallest absolute Gasteiger partial charge is 0.139 e. The third-order valence-electron chi connectivity index (χ3n) is 3.48. The Bertz CT molecular complexity index is 164. The summed E-state index contributed by atoms with van der Waals surface area (Å²) in [5, 5.41) is 0. The van der Waals surface area contributed by atoms with Crippen LogP contribution in [-0.2, 0) is 4.79 Å². The lowest BCUT2D eigenvalue weighted by Gasteiger charge is -2.39. The van der Waals surface area contributed by atoms with Gasteiger partial charge in [0, 0.05) is 11.8 Å². The standard InChI is InChI=1S/C10H16O/c11-9-5-8-10(9)6-3-1-2-4-7-10/h1-8H2. The van der Waals surface area contributed by atoms with Gasteiger partial charge < -0.3 is 0 Å². The number of rotatable bonds is 0. The summed E-state index contributed by atoms with van der Waals surface area (Å²) < 4.78 is 0. The number of carbonyl (C=O) groups is 1. The quantitative estimate of drug-likeness (QED) is 0.521. The van der Waals surface area contributed by atoms with E-state index in [-0.39, 0.29) is 5.41 Å². The zero-order chi connectivity index (χ0) is 7.73. The maximum Gasteiger partial charge on any atom is 0.139 e. The van der Waals surface area contributed by atoms with Crippen molar-refractivity contribution in [1.82, 2.24) is 0 Å². The van der Waals surface area contributed by atoms with Gasteiger partial charge in [-0.1, -0.05) is 25.7 Å². The molecular formula is C10H16O. The van der Waals surface area contributed by atoms with Gasteiger partial charge in [0.25, 0.3) is 0 Å². The summed E-state index contributed by atoms with van der Waals surface area (Å²) in [5.74, 6) is 0.569. The molecule has 0 radical (unpaired) electrons. The first-order valence-electron chi connectivity index (χ1n) is 4.87. The Kier molecular flexibility index (Phi) is 1.74. The lowest BCUT2D eigenvalue weighted by atomic mass is 9.63. The monoisotopic (exact) mass is 152 g/mol. The molecule has 0 atom stereocenters. The molecule has 0 aromatic rings. The zero-order valence-electron chi connectivity index (χ0n) is 7.07. The van der Waals surface area contributed by atoms with Crippen LogP contribution in [0.4, 0.5) is 0 Å². The highest BCUT2D eigenvalue weighted by atomic mass is 16.1. The van der Waals surface area contributed by atoms with E-state index in [1.807, 2.05) is 0 Å². The van der Waals surface area contributed by atoms with Crippen molar-refractivity contribution >= 4 is 5.78 Å². The molecule has 0 aliphatic heterocycles. The second kappa shape index (κ2) is 2.62. The predicted octanol–water partition coefficient (Wildman–Crippen LogP) is 2.69. The summed E-state index contributed by atoms with van der Waals surface area (Å²) in [6.07, 6.45) is 9.78. The van der Waals surface area contributed by atoms with Gasteiger partial charge in [-0.2, -0.15) is 0 Å².